The Labute approximate surface area is 187 Å². The number of hydrogen-bond donors (Lipinski definition) is 2. The van der Waals surface area contributed by atoms with Gasteiger partial charge in [-0.05, 0) is 60.9 Å². The summed E-state index contributed by atoms with van der Waals surface area (Å²) in [6.07, 6.45) is 11.0. The molecule has 3 aromatic rings. The maximum Gasteiger partial charge on any atom is 0.125 e. The number of fused-ring (bicyclic) bond motifs is 3. The van der Waals surface area contributed by atoms with Gasteiger partial charge < -0.3 is 15.3 Å². The summed E-state index contributed by atoms with van der Waals surface area (Å²) in [6.45, 7) is 0.874. The third kappa shape index (κ3) is 3.28. The van der Waals surface area contributed by atoms with E-state index in [-0.39, 0.29) is 5.75 Å². The van der Waals surface area contributed by atoms with Crippen molar-refractivity contribution < 1.29 is 5.11 Å². The summed E-state index contributed by atoms with van der Waals surface area (Å²) < 4.78 is 1.75. The van der Waals surface area contributed by atoms with Gasteiger partial charge in [0.25, 0.3) is 0 Å². The summed E-state index contributed by atoms with van der Waals surface area (Å²) in [7, 11) is 3.98. The second-order valence-electron chi connectivity index (χ2n) is 9.44. The molecule has 0 radical (unpaired) electrons. The number of phenols is 1. The number of aryl methyl sites for hydroxylation is 1. The molecular weight excluding hydrogens is 400 g/mol. The van der Waals surface area contributed by atoms with Crippen molar-refractivity contribution in [1.29, 1.82) is 0 Å². The molecule has 164 valence electrons. The predicted octanol–water partition coefficient (Wildman–Crippen LogP) is 3.61. The first-order valence-corrected chi connectivity index (χ1v) is 11.4. The fourth-order valence-electron chi connectivity index (χ4n) is 5.61. The molecule has 2 N–H and O–H groups in total. The minimum Gasteiger partial charge on any atom is -0.507 e. The molecule has 1 aromatic carbocycles. The molecule has 2 unspecified atom stereocenters. The van der Waals surface area contributed by atoms with Crippen LogP contribution in [0.25, 0.3) is 28.0 Å². The van der Waals surface area contributed by atoms with Gasteiger partial charge >= 0.3 is 0 Å². The van der Waals surface area contributed by atoms with Crippen LogP contribution in [0.5, 0.6) is 5.75 Å². The molecule has 3 atom stereocenters. The highest BCUT2D eigenvalue weighted by molar-refractivity contribution is 5.82. The first-order valence-electron chi connectivity index (χ1n) is 11.4. The number of nitrogens with one attached hydrogen (secondary N) is 1. The number of anilines is 1. The van der Waals surface area contributed by atoms with Gasteiger partial charge in [0.2, 0.25) is 0 Å². The lowest BCUT2D eigenvalue weighted by Gasteiger charge is -2.34. The van der Waals surface area contributed by atoms with E-state index < -0.39 is 0 Å². The minimum atomic E-state index is 0.199. The number of piperidine rings is 1. The lowest BCUT2D eigenvalue weighted by molar-refractivity contribution is 0.351. The molecule has 0 spiro atoms. The molecular formula is C25H28N6O. The molecule has 6 rings (SSSR count). The number of benzene rings is 1. The van der Waals surface area contributed by atoms with Crippen LogP contribution in [0, 0.1) is 5.92 Å². The van der Waals surface area contributed by atoms with Crippen LogP contribution < -0.4 is 10.2 Å². The zero-order chi connectivity index (χ0) is 21.8. The van der Waals surface area contributed by atoms with E-state index in [0.29, 0.717) is 29.3 Å². The Morgan fingerprint density at radius 3 is 2.56 bits per heavy atom. The lowest BCUT2D eigenvalue weighted by Crippen LogP contribution is -2.39. The number of aromatic hydroxyl groups is 1. The van der Waals surface area contributed by atoms with Gasteiger partial charge in [-0.1, -0.05) is 12.1 Å². The van der Waals surface area contributed by atoms with Gasteiger partial charge in [-0.25, -0.2) is 0 Å². The normalized spacial score (nSPS) is 24.4. The second-order valence-corrected chi connectivity index (χ2v) is 9.44. The van der Waals surface area contributed by atoms with Crippen molar-refractivity contribution in [1.82, 2.24) is 25.3 Å². The van der Waals surface area contributed by atoms with Gasteiger partial charge in [0.1, 0.15) is 11.4 Å². The minimum absolute atomic E-state index is 0.199. The van der Waals surface area contributed by atoms with E-state index in [4.69, 9.17) is 5.10 Å². The molecule has 7 nitrogen and oxygen atoms in total. The largest absolute Gasteiger partial charge is 0.507 e. The van der Waals surface area contributed by atoms with E-state index >= 15 is 0 Å². The average molecular weight is 429 g/mol. The monoisotopic (exact) mass is 428 g/mol. The summed E-state index contributed by atoms with van der Waals surface area (Å²) in [5, 5.41) is 28.0. The van der Waals surface area contributed by atoms with Crippen LogP contribution in [0.4, 0.5) is 5.69 Å². The summed E-state index contributed by atoms with van der Waals surface area (Å²) in [6, 6.07) is 9.04. The molecule has 5 heterocycles. The molecule has 3 aliphatic heterocycles. The van der Waals surface area contributed by atoms with Gasteiger partial charge in [0, 0.05) is 50.0 Å². The van der Waals surface area contributed by atoms with Crippen molar-refractivity contribution in [2.45, 2.75) is 37.8 Å². The van der Waals surface area contributed by atoms with Gasteiger partial charge in [-0.3, -0.25) is 4.68 Å². The Kier molecular flexibility index (Phi) is 4.54. The third-order valence-corrected chi connectivity index (χ3v) is 7.27. The van der Waals surface area contributed by atoms with Crippen molar-refractivity contribution in [3.63, 3.8) is 0 Å². The number of likely N-dealkylation sites (N-methyl/N-ethyl adjacent to an activating group) is 1. The summed E-state index contributed by atoms with van der Waals surface area (Å²) in [5.74, 6) is 0.748. The van der Waals surface area contributed by atoms with E-state index in [0.717, 1.165) is 29.1 Å². The zero-order valence-corrected chi connectivity index (χ0v) is 18.5. The zero-order valence-electron chi connectivity index (χ0n) is 18.5. The smallest absolute Gasteiger partial charge is 0.125 e. The van der Waals surface area contributed by atoms with Crippen LogP contribution in [-0.2, 0) is 7.05 Å². The molecule has 0 amide bonds. The number of hydrogen-bond acceptors (Lipinski definition) is 6. The predicted molar refractivity (Wildman–Crippen MR) is 125 cm³/mol. The van der Waals surface area contributed by atoms with Crippen molar-refractivity contribution in [3.05, 3.63) is 48.4 Å². The van der Waals surface area contributed by atoms with E-state index in [2.05, 4.69) is 39.6 Å². The maximum atomic E-state index is 10.8. The first-order chi connectivity index (χ1) is 15.5. The molecule has 32 heavy (non-hydrogen) atoms. The highest BCUT2D eigenvalue weighted by atomic mass is 16.3. The van der Waals surface area contributed by atoms with Crippen LogP contribution in [0.3, 0.4) is 0 Å². The topological polar surface area (TPSA) is 79.1 Å². The highest BCUT2D eigenvalue weighted by Gasteiger charge is 2.37. The number of rotatable bonds is 3. The molecule has 2 saturated heterocycles. The summed E-state index contributed by atoms with van der Waals surface area (Å²) >= 11 is 0. The van der Waals surface area contributed by atoms with E-state index in [1.54, 1.807) is 16.9 Å². The van der Waals surface area contributed by atoms with Gasteiger partial charge in [0.15, 0.2) is 0 Å². The van der Waals surface area contributed by atoms with E-state index in [9.17, 15) is 5.11 Å². The van der Waals surface area contributed by atoms with Gasteiger partial charge in [0.05, 0.1) is 17.6 Å². The third-order valence-electron chi connectivity index (χ3n) is 7.27. The van der Waals surface area contributed by atoms with Crippen LogP contribution in [0.2, 0.25) is 0 Å². The molecule has 2 aromatic heterocycles. The maximum absolute atomic E-state index is 10.8. The van der Waals surface area contributed by atoms with Crippen molar-refractivity contribution in [2.75, 3.05) is 18.5 Å². The van der Waals surface area contributed by atoms with Crippen LogP contribution in [-0.4, -0.2) is 50.8 Å². The summed E-state index contributed by atoms with van der Waals surface area (Å²) in [4.78, 5) is 2.22. The molecule has 2 bridgehead atoms. The highest BCUT2D eigenvalue weighted by Crippen LogP contribution is 2.43. The van der Waals surface area contributed by atoms with Crippen LogP contribution in [0.1, 0.15) is 31.4 Å². The van der Waals surface area contributed by atoms with Gasteiger partial charge in [-0.2, -0.15) is 5.10 Å². The van der Waals surface area contributed by atoms with Crippen molar-refractivity contribution >= 4 is 11.3 Å². The second kappa shape index (κ2) is 7.45. The van der Waals surface area contributed by atoms with Crippen molar-refractivity contribution in [3.8, 4) is 28.1 Å². The number of phenolic OH excluding ortho intramolecular Hbond substituents is 1. The summed E-state index contributed by atoms with van der Waals surface area (Å²) in [5.41, 5.74) is 6.72. The number of aromatic nitrogens is 4. The van der Waals surface area contributed by atoms with E-state index in [1.165, 1.54) is 31.3 Å². The Bertz CT molecular complexity index is 1200. The standard InChI is InChI=1S/C25H28N6O/c1-30-8-7-20(16-9-18-4-5-19(10-16)27-18)25-23(30)12-22(28-29-25)21-6-3-15(11-24(21)32)17-13-26-31(2)14-17/h3,6-7,11-14,16,18-19,27,32H,4-5,8-10H2,1-2H3/t16?,18-,19?/m0/s1. The molecule has 0 saturated carbocycles. The molecule has 7 heteroatoms. The Morgan fingerprint density at radius 1 is 1.03 bits per heavy atom. The molecule has 2 fully saturated rings. The van der Waals surface area contributed by atoms with Crippen LogP contribution >= 0.6 is 0 Å². The average Bonchev–Trinajstić information content (AvgIpc) is 3.38. The Hall–Kier alpha value is -3.19. The van der Waals surface area contributed by atoms with E-state index in [1.807, 2.05) is 25.4 Å². The SMILES string of the molecule is CN1CC=C(C2CC3CC[C@@H](C2)N3)c2nnc(-c3ccc(-c4cnn(C)c4)cc3O)cc21. The quantitative estimate of drug-likeness (QED) is 0.664. The Balaban J connectivity index is 1.33. The molecule has 0 aliphatic carbocycles. The molecule has 3 aliphatic rings. The van der Waals surface area contributed by atoms with Gasteiger partial charge in [-0.15, -0.1) is 10.2 Å². The number of nitrogens with zero attached hydrogens (tertiary/aromatic N) is 5. The lowest BCUT2D eigenvalue weighted by atomic mass is 9.82. The first kappa shape index (κ1) is 19.5. The fraction of sp³-hybridized carbons (Fsp3) is 0.400. The fourth-order valence-corrected chi connectivity index (χ4v) is 5.61. The number of allylic oxidation sites excluding steroid dienone is 1. The van der Waals surface area contributed by atoms with Crippen LogP contribution in [0.15, 0.2) is 42.7 Å². The Morgan fingerprint density at radius 2 is 1.84 bits per heavy atom. The van der Waals surface area contributed by atoms with Crippen molar-refractivity contribution in [2.24, 2.45) is 13.0 Å².